The molecule has 3 rings (SSSR count). The lowest BCUT2D eigenvalue weighted by atomic mass is 10.2. The second-order valence-corrected chi connectivity index (χ2v) is 6.60. The Bertz CT molecular complexity index is 783. The van der Waals surface area contributed by atoms with Crippen molar-refractivity contribution in [3.63, 3.8) is 0 Å². The van der Waals surface area contributed by atoms with Crippen LogP contribution in [0.15, 0.2) is 46.9 Å². The van der Waals surface area contributed by atoms with Crippen molar-refractivity contribution in [2.75, 3.05) is 7.05 Å². The van der Waals surface area contributed by atoms with Crippen LogP contribution < -0.4 is 4.74 Å². The van der Waals surface area contributed by atoms with Gasteiger partial charge in [0, 0.05) is 19.0 Å². The zero-order valence-electron chi connectivity index (χ0n) is 14.7. The van der Waals surface area contributed by atoms with Crippen LogP contribution in [0.2, 0.25) is 0 Å². The van der Waals surface area contributed by atoms with Crippen molar-refractivity contribution in [1.82, 2.24) is 4.90 Å². The van der Waals surface area contributed by atoms with E-state index in [1.807, 2.05) is 12.1 Å². The second kappa shape index (κ2) is 7.72. The lowest BCUT2D eigenvalue weighted by molar-refractivity contribution is -0.125. The summed E-state index contributed by atoms with van der Waals surface area (Å²) in [5.41, 5.74) is 0.719. The van der Waals surface area contributed by atoms with E-state index >= 15 is 0 Å². The van der Waals surface area contributed by atoms with Crippen LogP contribution in [0.4, 0.5) is 8.78 Å². The van der Waals surface area contributed by atoms with Gasteiger partial charge in [0.25, 0.3) is 0 Å². The van der Waals surface area contributed by atoms with E-state index in [1.165, 1.54) is 18.2 Å². The maximum absolute atomic E-state index is 12.2. The quantitative estimate of drug-likeness (QED) is 0.673. The van der Waals surface area contributed by atoms with E-state index in [-0.39, 0.29) is 11.7 Å². The lowest BCUT2D eigenvalue weighted by Gasteiger charge is -2.13. The number of nitrogens with zero attached hydrogens (tertiary/aromatic N) is 1. The van der Waals surface area contributed by atoms with Crippen molar-refractivity contribution in [2.24, 2.45) is 5.92 Å². The minimum absolute atomic E-state index is 0.0826. The van der Waals surface area contributed by atoms with E-state index < -0.39 is 6.61 Å². The fourth-order valence-corrected chi connectivity index (χ4v) is 2.76. The number of hydrogen-bond donors (Lipinski definition) is 0. The second-order valence-electron chi connectivity index (χ2n) is 6.60. The molecular formula is C20H21F2NO3. The number of ether oxygens (including phenoxy) is 1. The molecule has 1 saturated carbocycles. The molecule has 1 fully saturated rings. The van der Waals surface area contributed by atoms with Crippen LogP contribution in [-0.4, -0.2) is 24.5 Å². The molecule has 6 heteroatoms. The van der Waals surface area contributed by atoms with Crippen molar-refractivity contribution in [2.45, 2.75) is 32.4 Å². The number of benzene rings is 1. The van der Waals surface area contributed by atoms with Crippen molar-refractivity contribution in [1.29, 1.82) is 0 Å². The number of halogens is 2. The molecule has 1 amide bonds. The monoisotopic (exact) mass is 361 g/mol. The van der Waals surface area contributed by atoms with Crippen LogP contribution in [0.1, 0.15) is 36.3 Å². The Labute approximate surface area is 151 Å². The Morgan fingerprint density at radius 3 is 2.62 bits per heavy atom. The summed E-state index contributed by atoms with van der Waals surface area (Å²) in [6, 6.07) is 9.98. The molecule has 138 valence electrons. The van der Waals surface area contributed by atoms with Crippen LogP contribution in [-0.2, 0) is 11.3 Å². The molecule has 26 heavy (non-hydrogen) atoms. The van der Waals surface area contributed by atoms with Crippen molar-refractivity contribution < 1.29 is 22.7 Å². The standard InChI is InChI=1S/C20H21F2NO3/c1-13-11-17(13)18-9-8-16(25-18)12-23(2)19(24)10-5-14-3-6-15(7-4-14)26-20(21)22/h3-10,13,17,20H,11-12H2,1-2H3. The van der Waals surface area contributed by atoms with Gasteiger partial charge in [0.1, 0.15) is 17.3 Å². The molecule has 2 atom stereocenters. The predicted molar refractivity (Wildman–Crippen MR) is 93.8 cm³/mol. The van der Waals surface area contributed by atoms with E-state index in [0.717, 1.165) is 23.5 Å². The van der Waals surface area contributed by atoms with Crippen molar-refractivity contribution in [3.8, 4) is 5.75 Å². The number of carbonyl (C=O) groups excluding carboxylic acids is 1. The number of rotatable bonds is 7. The van der Waals surface area contributed by atoms with E-state index in [9.17, 15) is 13.6 Å². The first kappa shape index (κ1) is 18.2. The largest absolute Gasteiger partial charge is 0.464 e. The molecule has 0 radical (unpaired) electrons. The van der Waals surface area contributed by atoms with Crippen LogP contribution in [0.5, 0.6) is 5.75 Å². The molecule has 1 heterocycles. The molecule has 2 unspecified atom stereocenters. The minimum Gasteiger partial charge on any atom is -0.464 e. The van der Waals surface area contributed by atoms with E-state index in [2.05, 4.69) is 11.7 Å². The zero-order valence-corrected chi connectivity index (χ0v) is 14.7. The van der Waals surface area contributed by atoms with Gasteiger partial charge in [0.05, 0.1) is 6.54 Å². The molecule has 1 aromatic carbocycles. The molecule has 0 aliphatic heterocycles. The number of hydrogen-bond acceptors (Lipinski definition) is 3. The number of furan rings is 1. The predicted octanol–water partition coefficient (Wildman–Crippen LogP) is 4.68. The topological polar surface area (TPSA) is 42.7 Å². The first-order chi connectivity index (χ1) is 12.4. The Hall–Kier alpha value is -2.63. The van der Waals surface area contributed by atoms with Gasteiger partial charge in [-0.25, -0.2) is 0 Å². The highest BCUT2D eigenvalue weighted by Gasteiger charge is 2.36. The summed E-state index contributed by atoms with van der Waals surface area (Å²) in [4.78, 5) is 13.8. The van der Waals surface area contributed by atoms with Crippen LogP contribution in [0.3, 0.4) is 0 Å². The van der Waals surface area contributed by atoms with Crippen LogP contribution in [0, 0.1) is 5.92 Å². The first-order valence-corrected chi connectivity index (χ1v) is 8.49. The van der Waals surface area contributed by atoms with Crippen molar-refractivity contribution >= 4 is 12.0 Å². The summed E-state index contributed by atoms with van der Waals surface area (Å²) in [7, 11) is 1.70. The number of likely N-dealkylation sites (N-methyl/N-ethyl adjacent to an activating group) is 1. The zero-order chi connectivity index (χ0) is 18.7. The summed E-state index contributed by atoms with van der Waals surface area (Å²) in [5, 5.41) is 0. The Morgan fingerprint density at radius 2 is 2.00 bits per heavy atom. The van der Waals surface area contributed by atoms with Gasteiger partial charge in [0.15, 0.2) is 0 Å². The maximum Gasteiger partial charge on any atom is 0.387 e. The van der Waals surface area contributed by atoms with Gasteiger partial charge in [-0.1, -0.05) is 19.1 Å². The molecule has 0 saturated heterocycles. The normalized spacial score (nSPS) is 19.1. The summed E-state index contributed by atoms with van der Waals surface area (Å²) < 4.78 is 34.3. The van der Waals surface area contributed by atoms with Gasteiger partial charge in [-0.3, -0.25) is 4.79 Å². The Morgan fingerprint density at radius 1 is 1.31 bits per heavy atom. The highest BCUT2D eigenvalue weighted by molar-refractivity contribution is 5.91. The summed E-state index contributed by atoms with van der Waals surface area (Å²) in [5.74, 6) is 2.86. The Balaban J connectivity index is 1.53. The third kappa shape index (κ3) is 4.71. The molecule has 0 bridgehead atoms. The van der Waals surface area contributed by atoms with E-state index in [0.29, 0.717) is 18.4 Å². The van der Waals surface area contributed by atoms with Gasteiger partial charge in [-0.05, 0) is 48.2 Å². The minimum atomic E-state index is -2.85. The fourth-order valence-electron chi connectivity index (χ4n) is 2.76. The molecule has 0 N–H and O–H groups in total. The smallest absolute Gasteiger partial charge is 0.387 e. The molecule has 2 aromatic rings. The summed E-state index contributed by atoms with van der Waals surface area (Å²) in [6.45, 7) is -0.262. The average Bonchev–Trinajstić information content (AvgIpc) is 3.15. The number of amides is 1. The summed E-state index contributed by atoms with van der Waals surface area (Å²) >= 11 is 0. The third-order valence-corrected chi connectivity index (χ3v) is 4.45. The molecule has 1 aromatic heterocycles. The van der Waals surface area contributed by atoms with Gasteiger partial charge >= 0.3 is 6.61 Å². The number of carbonyl (C=O) groups is 1. The first-order valence-electron chi connectivity index (χ1n) is 8.49. The Kier molecular flexibility index (Phi) is 5.40. The van der Waals surface area contributed by atoms with Crippen molar-refractivity contribution in [3.05, 3.63) is 59.6 Å². The molecular weight excluding hydrogens is 340 g/mol. The van der Waals surface area contributed by atoms with E-state index in [1.54, 1.807) is 30.2 Å². The molecule has 4 nitrogen and oxygen atoms in total. The average molecular weight is 361 g/mol. The van der Waals surface area contributed by atoms with Gasteiger partial charge in [-0.2, -0.15) is 8.78 Å². The van der Waals surface area contributed by atoms with Crippen LogP contribution in [0.25, 0.3) is 6.08 Å². The summed E-state index contributed by atoms with van der Waals surface area (Å²) in [6.07, 6.45) is 4.23. The SMILES string of the molecule is CC1CC1c1ccc(CN(C)C(=O)C=Cc2ccc(OC(F)F)cc2)o1. The van der Waals surface area contributed by atoms with Gasteiger partial charge < -0.3 is 14.1 Å². The van der Waals surface area contributed by atoms with Gasteiger partial charge in [-0.15, -0.1) is 0 Å². The fraction of sp³-hybridized carbons (Fsp3) is 0.350. The molecule has 1 aliphatic rings. The molecule has 1 aliphatic carbocycles. The third-order valence-electron chi connectivity index (χ3n) is 4.45. The van der Waals surface area contributed by atoms with E-state index in [4.69, 9.17) is 4.42 Å². The molecule has 0 spiro atoms. The number of alkyl halides is 2. The highest BCUT2D eigenvalue weighted by Crippen LogP contribution is 2.47. The van der Waals surface area contributed by atoms with Gasteiger partial charge in [0.2, 0.25) is 5.91 Å². The maximum atomic E-state index is 12.2. The highest BCUT2D eigenvalue weighted by atomic mass is 19.3. The van der Waals surface area contributed by atoms with Crippen LogP contribution >= 0.6 is 0 Å². The lowest BCUT2D eigenvalue weighted by Crippen LogP contribution is -2.23.